The maximum atomic E-state index is 5.69. The fourth-order valence-corrected chi connectivity index (χ4v) is 2.42. The quantitative estimate of drug-likeness (QED) is 0.754. The molecule has 0 aliphatic carbocycles. The zero-order chi connectivity index (χ0) is 9.97. The number of thiophene rings is 1. The second-order valence-electron chi connectivity index (χ2n) is 2.94. The van der Waals surface area contributed by atoms with Gasteiger partial charge in [-0.25, -0.2) is 9.97 Å². The van der Waals surface area contributed by atoms with Gasteiger partial charge in [0, 0.05) is 19.5 Å². The van der Waals surface area contributed by atoms with Crippen molar-refractivity contribution in [3.05, 3.63) is 17.8 Å². The molecule has 0 N–H and O–H groups in total. The number of hydrogen-bond acceptors (Lipinski definition) is 4. The van der Waals surface area contributed by atoms with Crippen molar-refractivity contribution in [3.8, 4) is 0 Å². The second-order valence-corrected chi connectivity index (χ2v) is 4.24. The van der Waals surface area contributed by atoms with Crippen molar-refractivity contribution in [1.29, 1.82) is 0 Å². The number of nitrogens with zero attached hydrogens (tertiary/aromatic N) is 3. The largest absolute Gasteiger partial charge is 0.357 e. The summed E-state index contributed by atoms with van der Waals surface area (Å²) in [6, 6.07) is 2.00. The standard InChI is InChI=1S/C9H10ClN3S/c1-13(4-3-10)9-8-7(2-5-14-8)11-6-12-9/h2,5-6H,3-4H2,1H3. The van der Waals surface area contributed by atoms with E-state index in [4.69, 9.17) is 11.6 Å². The van der Waals surface area contributed by atoms with Crippen molar-refractivity contribution in [2.45, 2.75) is 0 Å². The van der Waals surface area contributed by atoms with Crippen molar-refractivity contribution in [2.24, 2.45) is 0 Å². The zero-order valence-corrected chi connectivity index (χ0v) is 9.35. The predicted molar refractivity (Wildman–Crippen MR) is 61.4 cm³/mol. The van der Waals surface area contributed by atoms with Crippen molar-refractivity contribution in [3.63, 3.8) is 0 Å². The molecule has 2 rings (SSSR count). The van der Waals surface area contributed by atoms with Gasteiger partial charge < -0.3 is 4.90 Å². The van der Waals surface area contributed by atoms with E-state index in [-0.39, 0.29) is 0 Å². The Morgan fingerprint density at radius 3 is 3.14 bits per heavy atom. The Hall–Kier alpha value is -0.870. The Balaban J connectivity index is 2.45. The van der Waals surface area contributed by atoms with Crippen LogP contribution in [-0.4, -0.2) is 29.4 Å². The molecule has 0 saturated heterocycles. The highest BCUT2D eigenvalue weighted by atomic mass is 35.5. The molecule has 0 spiro atoms. The number of alkyl halides is 1. The van der Waals surface area contributed by atoms with Crippen molar-refractivity contribution < 1.29 is 0 Å². The lowest BCUT2D eigenvalue weighted by molar-refractivity contribution is 0.946. The van der Waals surface area contributed by atoms with Gasteiger partial charge in [0.25, 0.3) is 0 Å². The number of hydrogen-bond donors (Lipinski definition) is 0. The zero-order valence-electron chi connectivity index (χ0n) is 7.77. The minimum atomic E-state index is 0.605. The first-order valence-corrected chi connectivity index (χ1v) is 5.69. The van der Waals surface area contributed by atoms with Gasteiger partial charge in [-0.05, 0) is 11.4 Å². The Labute approximate surface area is 91.4 Å². The molecule has 0 fully saturated rings. The molecule has 0 aliphatic heterocycles. The Morgan fingerprint density at radius 2 is 2.36 bits per heavy atom. The molecule has 0 aliphatic rings. The molecule has 0 bridgehead atoms. The van der Waals surface area contributed by atoms with Gasteiger partial charge in [0.2, 0.25) is 0 Å². The van der Waals surface area contributed by atoms with E-state index >= 15 is 0 Å². The summed E-state index contributed by atoms with van der Waals surface area (Å²) in [5.41, 5.74) is 1.00. The molecule has 14 heavy (non-hydrogen) atoms. The molecule has 0 amide bonds. The van der Waals surface area contributed by atoms with Gasteiger partial charge in [-0.1, -0.05) is 0 Å². The predicted octanol–water partition coefficient (Wildman–Crippen LogP) is 2.37. The van der Waals surface area contributed by atoms with Crippen LogP contribution in [0.25, 0.3) is 10.2 Å². The second kappa shape index (κ2) is 4.11. The maximum absolute atomic E-state index is 5.69. The average molecular weight is 228 g/mol. The highest BCUT2D eigenvalue weighted by molar-refractivity contribution is 7.17. The van der Waals surface area contributed by atoms with Crippen LogP contribution in [0.5, 0.6) is 0 Å². The summed E-state index contributed by atoms with van der Waals surface area (Å²) in [4.78, 5) is 10.5. The van der Waals surface area contributed by atoms with Crippen LogP contribution in [0, 0.1) is 0 Å². The first-order valence-electron chi connectivity index (χ1n) is 4.28. The number of halogens is 1. The van der Waals surface area contributed by atoms with E-state index in [0.717, 1.165) is 22.6 Å². The van der Waals surface area contributed by atoms with Gasteiger partial charge in [-0.2, -0.15) is 0 Å². The monoisotopic (exact) mass is 227 g/mol. The molecular weight excluding hydrogens is 218 g/mol. The van der Waals surface area contributed by atoms with E-state index in [9.17, 15) is 0 Å². The van der Waals surface area contributed by atoms with Gasteiger partial charge in [0.1, 0.15) is 12.1 Å². The Morgan fingerprint density at radius 1 is 1.50 bits per heavy atom. The summed E-state index contributed by atoms with van der Waals surface area (Å²) in [6.07, 6.45) is 1.59. The number of anilines is 1. The van der Waals surface area contributed by atoms with Crippen LogP contribution in [-0.2, 0) is 0 Å². The molecule has 0 aromatic carbocycles. The number of rotatable bonds is 3. The maximum Gasteiger partial charge on any atom is 0.149 e. The minimum Gasteiger partial charge on any atom is -0.357 e. The normalized spacial score (nSPS) is 10.7. The van der Waals surface area contributed by atoms with Crippen LogP contribution in [0.15, 0.2) is 17.8 Å². The summed E-state index contributed by atoms with van der Waals surface area (Å²) in [5.74, 6) is 1.57. The van der Waals surface area contributed by atoms with Gasteiger partial charge in [0.05, 0.1) is 10.2 Å². The minimum absolute atomic E-state index is 0.605. The molecule has 0 unspecified atom stereocenters. The summed E-state index contributed by atoms with van der Waals surface area (Å²) < 4.78 is 1.13. The van der Waals surface area contributed by atoms with Crippen LogP contribution >= 0.6 is 22.9 Å². The number of aromatic nitrogens is 2. The van der Waals surface area contributed by atoms with Gasteiger partial charge in [-0.3, -0.25) is 0 Å². The molecule has 0 atom stereocenters. The van der Waals surface area contributed by atoms with E-state index < -0.39 is 0 Å². The van der Waals surface area contributed by atoms with Crippen LogP contribution in [0.1, 0.15) is 0 Å². The highest BCUT2D eigenvalue weighted by Crippen LogP contribution is 2.26. The molecule has 2 aromatic heterocycles. The van der Waals surface area contributed by atoms with Gasteiger partial charge in [-0.15, -0.1) is 22.9 Å². The molecule has 0 radical (unpaired) electrons. The van der Waals surface area contributed by atoms with E-state index in [2.05, 4.69) is 9.97 Å². The smallest absolute Gasteiger partial charge is 0.149 e. The molecule has 2 heterocycles. The van der Waals surface area contributed by atoms with Crippen LogP contribution in [0.2, 0.25) is 0 Å². The third-order valence-corrected chi connectivity index (χ3v) is 3.07. The van der Waals surface area contributed by atoms with Gasteiger partial charge in [0.15, 0.2) is 0 Å². The first kappa shape index (κ1) is 9.68. The van der Waals surface area contributed by atoms with Crippen molar-refractivity contribution >= 4 is 39.0 Å². The van der Waals surface area contributed by atoms with E-state index in [1.807, 2.05) is 23.4 Å². The van der Waals surface area contributed by atoms with Crippen molar-refractivity contribution in [2.75, 3.05) is 24.4 Å². The topological polar surface area (TPSA) is 29.0 Å². The molecular formula is C9H10ClN3S. The lowest BCUT2D eigenvalue weighted by atomic mass is 10.4. The molecule has 3 nitrogen and oxygen atoms in total. The fraction of sp³-hybridized carbons (Fsp3) is 0.333. The first-order chi connectivity index (χ1) is 6.83. The fourth-order valence-electron chi connectivity index (χ4n) is 1.28. The van der Waals surface area contributed by atoms with E-state index in [1.165, 1.54) is 0 Å². The van der Waals surface area contributed by atoms with Crippen LogP contribution < -0.4 is 4.90 Å². The van der Waals surface area contributed by atoms with Crippen LogP contribution in [0.4, 0.5) is 5.82 Å². The molecule has 74 valence electrons. The average Bonchev–Trinajstić information content (AvgIpc) is 2.65. The summed E-state index contributed by atoms with van der Waals surface area (Å²) in [5, 5.41) is 2.03. The lowest BCUT2D eigenvalue weighted by Crippen LogP contribution is -2.20. The van der Waals surface area contributed by atoms with Crippen LogP contribution in [0.3, 0.4) is 0 Å². The summed E-state index contributed by atoms with van der Waals surface area (Å²) >= 11 is 7.35. The van der Waals surface area contributed by atoms with E-state index in [1.54, 1.807) is 17.7 Å². The lowest BCUT2D eigenvalue weighted by Gasteiger charge is -2.16. The highest BCUT2D eigenvalue weighted by Gasteiger charge is 2.08. The third kappa shape index (κ3) is 1.67. The molecule has 2 aromatic rings. The van der Waals surface area contributed by atoms with Crippen molar-refractivity contribution in [1.82, 2.24) is 9.97 Å². The number of fused-ring (bicyclic) bond motifs is 1. The SMILES string of the molecule is CN(CCCl)c1ncnc2ccsc12. The third-order valence-electron chi connectivity index (χ3n) is 2.01. The summed E-state index contributed by atoms with van der Waals surface area (Å²) in [7, 11) is 1.99. The summed E-state index contributed by atoms with van der Waals surface area (Å²) in [6.45, 7) is 0.797. The molecule has 5 heteroatoms. The van der Waals surface area contributed by atoms with Gasteiger partial charge >= 0.3 is 0 Å². The molecule has 0 saturated carbocycles. The Kier molecular flexibility index (Phi) is 2.84. The van der Waals surface area contributed by atoms with E-state index in [0.29, 0.717) is 5.88 Å². The Bertz CT molecular complexity index is 429.